The summed E-state index contributed by atoms with van der Waals surface area (Å²) < 4.78 is 29.5. The quantitative estimate of drug-likeness (QED) is 0.668. The second-order valence-electron chi connectivity index (χ2n) is 5.31. The molecule has 2 aromatic rings. The third-order valence-corrected chi connectivity index (χ3v) is 3.50. The molecule has 1 aliphatic heterocycles. The van der Waals surface area contributed by atoms with E-state index in [-0.39, 0.29) is 12.4 Å². The van der Waals surface area contributed by atoms with Gasteiger partial charge in [0, 0.05) is 5.56 Å². The minimum Gasteiger partial charge on any atom is -0.486 e. The van der Waals surface area contributed by atoms with Gasteiger partial charge in [0.2, 0.25) is 0 Å². The Morgan fingerprint density at radius 3 is 2.76 bits per heavy atom. The molecule has 3 rings (SSSR count). The highest BCUT2D eigenvalue weighted by Crippen LogP contribution is 2.30. The second-order valence-corrected chi connectivity index (χ2v) is 5.31. The van der Waals surface area contributed by atoms with Crippen molar-refractivity contribution in [1.82, 2.24) is 5.43 Å². The van der Waals surface area contributed by atoms with E-state index in [0.717, 1.165) is 5.56 Å². The van der Waals surface area contributed by atoms with Crippen LogP contribution in [-0.2, 0) is 4.79 Å². The van der Waals surface area contributed by atoms with Crippen LogP contribution in [-0.4, -0.2) is 31.4 Å². The maximum Gasteiger partial charge on any atom is 0.277 e. The zero-order valence-corrected chi connectivity index (χ0v) is 13.6. The van der Waals surface area contributed by atoms with Crippen molar-refractivity contribution in [3.05, 3.63) is 53.8 Å². The normalized spacial score (nSPS) is 13.3. The molecular formula is C18H17FN2O4. The molecule has 2 aromatic carbocycles. The van der Waals surface area contributed by atoms with Crippen LogP contribution in [0.4, 0.5) is 4.39 Å². The first-order valence-electron chi connectivity index (χ1n) is 7.74. The van der Waals surface area contributed by atoms with Crippen molar-refractivity contribution in [3.8, 4) is 17.2 Å². The van der Waals surface area contributed by atoms with Gasteiger partial charge in [0.1, 0.15) is 13.2 Å². The van der Waals surface area contributed by atoms with Gasteiger partial charge in [0.25, 0.3) is 5.91 Å². The molecule has 0 aromatic heterocycles. The minimum absolute atomic E-state index is 0.0187. The third kappa shape index (κ3) is 4.26. The summed E-state index contributed by atoms with van der Waals surface area (Å²) in [6.07, 6.45) is 0. The van der Waals surface area contributed by atoms with Crippen molar-refractivity contribution < 1.29 is 23.4 Å². The standard InChI is InChI=1S/C18H17FN2O4/c1-12(13-6-7-16-17(10-13)24-9-8-23-16)20-21-18(22)11-25-15-5-3-2-4-14(15)19/h2-7,10H,8-9,11H2,1H3,(H,21,22)/b20-12-. The number of nitrogens with one attached hydrogen (secondary N) is 1. The van der Waals surface area contributed by atoms with Gasteiger partial charge in [-0.05, 0) is 37.3 Å². The Balaban J connectivity index is 1.57. The van der Waals surface area contributed by atoms with Crippen LogP contribution in [0.2, 0.25) is 0 Å². The van der Waals surface area contributed by atoms with Gasteiger partial charge in [0.15, 0.2) is 29.7 Å². The Hall–Kier alpha value is -3.09. The predicted molar refractivity (Wildman–Crippen MR) is 89.7 cm³/mol. The minimum atomic E-state index is -0.522. The highest BCUT2D eigenvalue weighted by atomic mass is 19.1. The molecule has 0 fully saturated rings. The van der Waals surface area contributed by atoms with Crippen LogP contribution in [0.1, 0.15) is 12.5 Å². The summed E-state index contributed by atoms with van der Waals surface area (Å²) in [6, 6.07) is 11.3. The fourth-order valence-electron chi connectivity index (χ4n) is 2.22. The molecule has 1 heterocycles. The Labute approximate surface area is 144 Å². The summed E-state index contributed by atoms with van der Waals surface area (Å²) in [4.78, 5) is 11.8. The first-order valence-corrected chi connectivity index (χ1v) is 7.74. The number of amides is 1. The van der Waals surface area contributed by atoms with Crippen LogP contribution in [0.15, 0.2) is 47.6 Å². The molecule has 0 spiro atoms. The Kier molecular flexibility index (Phi) is 5.13. The number of hydrogen-bond donors (Lipinski definition) is 1. The Morgan fingerprint density at radius 2 is 1.96 bits per heavy atom. The van der Waals surface area contributed by atoms with Gasteiger partial charge >= 0.3 is 0 Å². The molecule has 0 saturated heterocycles. The maximum absolute atomic E-state index is 13.4. The van der Waals surface area contributed by atoms with Crippen molar-refractivity contribution in [3.63, 3.8) is 0 Å². The van der Waals surface area contributed by atoms with E-state index in [9.17, 15) is 9.18 Å². The van der Waals surface area contributed by atoms with Gasteiger partial charge in [-0.3, -0.25) is 4.79 Å². The van der Waals surface area contributed by atoms with Crippen LogP contribution in [0.5, 0.6) is 17.2 Å². The molecular weight excluding hydrogens is 327 g/mol. The molecule has 6 nitrogen and oxygen atoms in total. The van der Waals surface area contributed by atoms with E-state index in [4.69, 9.17) is 14.2 Å². The van der Waals surface area contributed by atoms with Crippen molar-refractivity contribution in [2.45, 2.75) is 6.92 Å². The number of benzene rings is 2. The smallest absolute Gasteiger partial charge is 0.277 e. The summed E-state index contributed by atoms with van der Waals surface area (Å²) in [5.41, 5.74) is 3.77. The molecule has 0 aliphatic carbocycles. The molecule has 0 saturated carbocycles. The number of nitrogens with zero attached hydrogens (tertiary/aromatic N) is 1. The molecule has 7 heteroatoms. The van der Waals surface area contributed by atoms with Crippen LogP contribution in [0.3, 0.4) is 0 Å². The SMILES string of the molecule is C/C(=N/NC(=O)COc1ccccc1F)c1ccc2c(c1)OCCO2. The van der Waals surface area contributed by atoms with Crippen LogP contribution in [0.25, 0.3) is 0 Å². The summed E-state index contributed by atoms with van der Waals surface area (Å²) in [7, 11) is 0. The van der Waals surface area contributed by atoms with Gasteiger partial charge in [-0.2, -0.15) is 5.10 Å². The van der Waals surface area contributed by atoms with Crippen LogP contribution < -0.4 is 19.6 Å². The zero-order valence-electron chi connectivity index (χ0n) is 13.6. The van der Waals surface area contributed by atoms with Crippen molar-refractivity contribution >= 4 is 11.6 Å². The number of halogens is 1. The zero-order chi connectivity index (χ0) is 17.6. The number of carbonyl (C=O) groups excluding carboxylic acids is 1. The number of carbonyl (C=O) groups is 1. The predicted octanol–water partition coefficient (Wildman–Crippen LogP) is 2.52. The van der Waals surface area contributed by atoms with Gasteiger partial charge in [-0.1, -0.05) is 12.1 Å². The average molecular weight is 344 g/mol. The number of fused-ring (bicyclic) bond motifs is 1. The lowest BCUT2D eigenvalue weighted by Crippen LogP contribution is -2.25. The number of ether oxygens (including phenoxy) is 3. The van der Waals surface area contributed by atoms with E-state index in [1.807, 2.05) is 6.07 Å². The van der Waals surface area contributed by atoms with E-state index < -0.39 is 11.7 Å². The Bertz CT molecular complexity index is 807. The highest BCUT2D eigenvalue weighted by Gasteiger charge is 2.13. The molecule has 1 N–H and O–H groups in total. The molecule has 1 amide bonds. The summed E-state index contributed by atoms with van der Waals surface area (Å²) >= 11 is 0. The van der Waals surface area contributed by atoms with Crippen molar-refractivity contribution in [1.29, 1.82) is 0 Å². The number of para-hydroxylation sites is 1. The fourth-order valence-corrected chi connectivity index (χ4v) is 2.22. The lowest BCUT2D eigenvalue weighted by atomic mass is 10.1. The summed E-state index contributed by atoms with van der Waals surface area (Å²) in [6.45, 7) is 2.44. The van der Waals surface area contributed by atoms with E-state index >= 15 is 0 Å². The molecule has 0 atom stereocenters. The first kappa shape index (κ1) is 16.8. The van der Waals surface area contributed by atoms with Crippen molar-refractivity contribution in [2.75, 3.05) is 19.8 Å². The number of rotatable bonds is 5. The van der Waals surface area contributed by atoms with Crippen LogP contribution >= 0.6 is 0 Å². The molecule has 0 unspecified atom stereocenters. The molecule has 0 radical (unpaired) electrons. The van der Waals surface area contributed by atoms with Gasteiger partial charge in [0.05, 0.1) is 5.71 Å². The van der Waals surface area contributed by atoms with Crippen molar-refractivity contribution in [2.24, 2.45) is 5.10 Å². The molecule has 1 aliphatic rings. The third-order valence-electron chi connectivity index (χ3n) is 3.50. The first-order chi connectivity index (χ1) is 12.1. The van der Waals surface area contributed by atoms with Gasteiger partial charge in [-0.25, -0.2) is 9.82 Å². The highest BCUT2D eigenvalue weighted by molar-refractivity contribution is 5.99. The topological polar surface area (TPSA) is 69.2 Å². The van der Waals surface area contributed by atoms with E-state index in [1.165, 1.54) is 12.1 Å². The molecule has 0 bridgehead atoms. The van der Waals surface area contributed by atoms with E-state index in [1.54, 1.807) is 31.2 Å². The van der Waals surface area contributed by atoms with Crippen LogP contribution in [0, 0.1) is 5.82 Å². The lowest BCUT2D eigenvalue weighted by Gasteiger charge is -2.18. The molecule has 130 valence electrons. The van der Waals surface area contributed by atoms with E-state index in [0.29, 0.717) is 30.4 Å². The second kappa shape index (κ2) is 7.65. The van der Waals surface area contributed by atoms with Gasteiger partial charge in [-0.15, -0.1) is 0 Å². The molecule has 25 heavy (non-hydrogen) atoms. The number of hydrogen-bond acceptors (Lipinski definition) is 5. The lowest BCUT2D eigenvalue weighted by molar-refractivity contribution is -0.123. The van der Waals surface area contributed by atoms with Gasteiger partial charge < -0.3 is 14.2 Å². The largest absolute Gasteiger partial charge is 0.486 e. The monoisotopic (exact) mass is 344 g/mol. The summed E-state index contributed by atoms with van der Waals surface area (Å²) in [5.74, 6) is 0.342. The average Bonchev–Trinajstić information content (AvgIpc) is 2.65. The maximum atomic E-state index is 13.4. The Morgan fingerprint density at radius 1 is 1.20 bits per heavy atom. The number of hydrazone groups is 1. The fraction of sp³-hybridized carbons (Fsp3) is 0.222. The summed E-state index contributed by atoms with van der Waals surface area (Å²) in [5, 5.41) is 4.02. The van der Waals surface area contributed by atoms with E-state index in [2.05, 4.69) is 10.5 Å².